The zero-order valence-electron chi connectivity index (χ0n) is 9.73. The maximum atomic E-state index is 5.34. The Labute approximate surface area is 100 Å². The largest absolute Gasteiger partial charge is 0.494 e. The number of nitrogens with zero attached hydrogens (tertiary/aromatic N) is 1. The van der Waals surface area contributed by atoms with Gasteiger partial charge in [0.15, 0.2) is 0 Å². The van der Waals surface area contributed by atoms with E-state index in [1.807, 2.05) is 12.1 Å². The monoisotopic (exact) mass is 226 g/mol. The highest BCUT2D eigenvalue weighted by atomic mass is 16.5. The Bertz CT molecular complexity index is 552. The zero-order valence-corrected chi connectivity index (χ0v) is 9.73. The molecule has 0 fully saturated rings. The van der Waals surface area contributed by atoms with Gasteiger partial charge >= 0.3 is 0 Å². The van der Waals surface area contributed by atoms with Crippen LogP contribution < -0.4 is 10.1 Å². The lowest BCUT2D eigenvalue weighted by atomic mass is 10.1. The average molecular weight is 226 g/mol. The van der Waals surface area contributed by atoms with Crippen molar-refractivity contribution in [3.63, 3.8) is 0 Å². The molecule has 0 saturated heterocycles. The highest BCUT2D eigenvalue weighted by molar-refractivity contribution is 5.72. The van der Waals surface area contributed by atoms with E-state index in [-0.39, 0.29) is 0 Å². The number of aromatic nitrogens is 1. The first-order valence-corrected chi connectivity index (χ1v) is 5.74. The van der Waals surface area contributed by atoms with E-state index < -0.39 is 0 Å². The summed E-state index contributed by atoms with van der Waals surface area (Å²) in [6.45, 7) is 1.03. The van der Waals surface area contributed by atoms with Crippen LogP contribution in [0.3, 0.4) is 0 Å². The van der Waals surface area contributed by atoms with Crippen LogP contribution in [0.4, 0.5) is 5.69 Å². The first-order valence-electron chi connectivity index (χ1n) is 5.74. The molecule has 0 atom stereocenters. The zero-order chi connectivity index (χ0) is 11.7. The number of benzene rings is 1. The molecule has 1 aliphatic rings. The molecule has 1 aromatic heterocycles. The fourth-order valence-corrected chi connectivity index (χ4v) is 2.21. The number of ether oxygens (including phenoxy) is 1. The van der Waals surface area contributed by atoms with E-state index >= 15 is 0 Å². The molecule has 3 heteroatoms. The Hall–Kier alpha value is -2.03. The van der Waals surface area contributed by atoms with E-state index in [1.54, 1.807) is 13.3 Å². The van der Waals surface area contributed by atoms with Gasteiger partial charge in [-0.2, -0.15) is 0 Å². The molecule has 0 unspecified atom stereocenters. The van der Waals surface area contributed by atoms with E-state index in [0.29, 0.717) is 0 Å². The second kappa shape index (κ2) is 4.09. The first-order chi connectivity index (χ1) is 8.38. The van der Waals surface area contributed by atoms with Crippen LogP contribution in [-0.2, 0) is 6.42 Å². The van der Waals surface area contributed by atoms with E-state index in [4.69, 9.17) is 4.74 Å². The van der Waals surface area contributed by atoms with Gasteiger partial charge in [0.05, 0.1) is 7.11 Å². The van der Waals surface area contributed by atoms with E-state index in [1.165, 1.54) is 11.3 Å². The summed E-state index contributed by atoms with van der Waals surface area (Å²) in [5.74, 6) is 0.811. The summed E-state index contributed by atoms with van der Waals surface area (Å²) in [6, 6.07) is 10.2. The summed E-state index contributed by atoms with van der Waals surface area (Å²) in [5.41, 5.74) is 4.58. The number of nitrogens with one attached hydrogen (secondary N) is 1. The van der Waals surface area contributed by atoms with Crippen molar-refractivity contribution in [2.24, 2.45) is 0 Å². The van der Waals surface area contributed by atoms with E-state index in [2.05, 4.69) is 28.5 Å². The minimum atomic E-state index is 0.811. The van der Waals surface area contributed by atoms with Gasteiger partial charge in [0, 0.05) is 24.0 Å². The smallest absolute Gasteiger partial charge is 0.145 e. The van der Waals surface area contributed by atoms with Crippen molar-refractivity contribution in [1.29, 1.82) is 0 Å². The number of hydrogen-bond acceptors (Lipinski definition) is 3. The van der Waals surface area contributed by atoms with Crippen LogP contribution in [0.25, 0.3) is 11.3 Å². The molecule has 1 aromatic carbocycles. The molecule has 17 heavy (non-hydrogen) atoms. The predicted molar refractivity (Wildman–Crippen MR) is 68.4 cm³/mol. The van der Waals surface area contributed by atoms with Crippen LogP contribution >= 0.6 is 0 Å². The maximum absolute atomic E-state index is 5.34. The lowest BCUT2D eigenvalue weighted by Gasteiger charge is -2.08. The number of pyridine rings is 1. The summed E-state index contributed by atoms with van der Waals surface area (Å²) in [7, 11) is 1.67. The van der Waals surface area contributed by atoms with Crippen molar-refractivity contribution in [3.8, 4) is 17.0 Å². The van der Waals surface area contributed by atoms with Crippen molar-refractivity contribution < 1.29 is 4.74 Å². The normalized spacial score (nSPS) is 13.0. The fourth-order valence-electron chi connectivity index (χ4n) is 2.21. The van der Waals surface area contributed by atoms with E-state index in [9.17, 15) is 0 Å². The fraction of sp³-hybridized carbons (Fsp3) is 0.214. The van der Waals surface area contributed by atoms with Crippen LogP contribution in [0.2, 0.25) is 0 Å². The number of hydrogen-bond donors (Lipinski definition) is 1. The molecule has 86 valence electrons. The van der Waals surface area contributed by atoms with Gasteiger partial charge in [0.1, 0.15) is 11.4 Å². The van der Waals surface area contributed by atoms with Gasteiger partial charge < -0.3 is 10.1 Å². The number of methoxy groups -OCH3 is 1. The highest BCUT2D eigenvalue weighted by Crippen LogP contribution is 2.32. The molecule has 2 heterocycles. The second-order valence-corrected chi connectivity index (χ2v) is 4.10. The quantitative estimate of drug-likeness (QED) is 0.855. The van der Waals surface area contributed by atoms with Gasteiger partial charge in [0.2, 0.25) is 0 Å². The van der Waals surface area contributed by atoms with Crippen LogP contribution in [-0.4, -0.2) is 18.6 Å². The highest BCUT2D eigenvalue weighted by Gasteiger charge is 2.13. The molecule has 3 nitrogen and oxygen atoms in total. The van der Waals surface area contributed by atoms with Crippen molar-refractivity contribution in [1.82, 2.24) is 4.98 Å². The third kappa shape index (κ3) is 1.73. The van der Waals surface area contributed by atoms with Gasteiger partial charge in [0.25, 0.3) is 0 Å². The van der Waals surface area contributed by atoms with Gasteiger partial charge in [-0.3, -0.25) is 4.98 Å². The minimum absolute atomic E-state index is 0.811. The van der Waals surface area contributed by atoms with Crippen molar-refractivity contribution >= 4 is 5.69 Å². The van der Waals surface area contributed by atoms with Crippen LogP contribution in [0.15, 0.2) is 36.5 Å². The van der Waals surface area contributed by atoms with Crippen molar-refractivity contribution in [2.45, 2.75) is 6.42 Å². The van der Waals surface area contributed by atoms with Crippen LogP contribution in [0.5, 0.6) is 5.75 Å². The number of fused-ring (bicyclic) bond motifs is 1. The third-order valence-electron chi connectivity index (χ3n) is 3.08. The third-order valence-corrected chi connectivity index (χ3v) is 3.08. The van der Waals surface area contributed by atoms with Crippen molar-refractivity contribution in [3.05, 3.63) is 42.1 Å². The second-order valence-electron chi connectivity index (χ2n) is 4.10. The summed E-state index contributed by atoms with van der Waals surface area (Å²) in [6.07, 6.45) is 2.90. The molecule has 2 aromatic rings. The molecule has 0 amide bonds. The average Bonchev–Trinajstić information content (AvgIpc) is 2.85. The molecule has 0 radical (unpaired) electrons. The molecule has 0 bridgehead atoms. The minimum Gasteiger partial charge on any atom is -0.494 e. The molecule has 1 N–H and O–H groups in total. The summed E-state index contributed by atoms with van der Waals surface area (Å²) in [4.78, 5) is 4.39. The Balaban J connectivity index is 2.09. The molecule has 0 spiro atoms. The van der Waals surface area contributed by atoms with Gasteiger partial charge in [-0.15, -0.1) is 0 Å². The molecule has 1 aliphatic heterocycles. The standard InChI is InChI=1S/C14H14N2O/c1-17-13-3-2-7-16-14(13)11-5-4-10-6-8-15-12(10)9-11/h2-5,7,9,15H,6,8H2,1H3. The summed E-state index contributed by atoms with van der Waals surface area (Å²) < 4.78 is 5.34. The lowest BCUT2D eigenvalue weighted by molar-refractivity contribution is 0.415. The first kappa shape index (κ1) is 10.1. The van der Waals surface area contributed by atoms with Crippen LogP contribution in [0.1, 0.15) is 5.56 Å². The number of anilines is 1. The summed E-state index contributed by atoms with van der Waals surface area (Å²) in [5, 5.41) is 3.38. The van der Waals surface area contributed by atoms with Gasteiger partial charge in [-0.25, -0.2) is 0 Å². The lowest BCUT2D eigenvalue weighted by Crippen LogP contribution is -1.93. The topological polar surface area (TPSA) is 34.1 Å². The van der Waals surface area contributed by atoms with Gasteiger partial charge in [-0.05, 0) is 30.2 Å². The molecule has 3 rings (SSSR count). The van der Waals surface area contributed by atoms with E-state index in [0.717, 1.165) is 30.0 Å². The molecule has 0 aliphatic carbocycles. The van der Waals surface area contributed by atoms with Crippen molar-refractivity contribution in [2.75, 3.05) is 19.0 Å². The molecular weight excluding hydrogens is 212 g/mol. The Morgan fingerprint density at radius 3 is 3.12 bits per heavy atom. The summed E-state index contributed by atoms with van der Waals surface area (Å²) >= 11 is 0. The predicted octanol–water partition coefficient (Wildman–Crippen LogP) is 2.73. The molecular formula is C14H14N2O. The Morgan fingerprint density at radius 2 is 2.24 bits per heavy atom. The number of rotatable bonds is 2. The molecule has 0 saturated carbocycles. The Kier molecular flexibility index (Phi) is 2.44. The maximum Gasteiger partial charge on any atom is 0.145 e. The van der Waals surface area contributed by atoms with Gasteiger partial charge in [-0.1, -0.05) is 12.1 Å². The Morgan fingerprint density at radius 1 is 1.29 bits per heavy atom. The SMILES string of the molecule is COc1cccnc1-c1ccc2c(c1)NCC2. The van der Waals surface area contributed by atoms with Crippen LogP contribution in [0, 0.1) is 0 Å².